The van der Waals surface area contributed by atoms with E-state index in [4.69, 9.17) is 21.1 Å². The zero-order chi connectivity index (χ0) is 22.1. The van der Waals surface area contributed by atoms with Gasteiger partial charge in [0.15, 0.2) is 0 Å². The van der Waals surface area contributed by atoms with E-state index in [0.717, 1.165) is 17.5 Å². The molecule has 0 fully saturated rings. The molecule has 0 saturated heterocycles. The molecule has 0 aliphatic heterocycles. The Balaban J connectivity index is 2.12. The Kier molecular flexibility index (Phi) is 8.62. The maximum absolute atomic E-state index is 11.0. The van der Waals surface area contributed by atoms with Crippen molar-refractivity contribution in [2.75, 3.05) is 31.2 Å². The van der Waals surface area contributed by atoms with Gasteiger partial charge in [0.2, 0.25) is 5.13 Å². The molecule has 1 aromatic heterocycles. The highest BCUT2D eigenvalue weighted by molar-refractivity contribution is 7.18. The van der Waals surface area contributed by atoms with Crippen LogP contribution in [-0.2, 0) is 19.1 Å². The molecule has 0 saturated carbocycles. The number of azo groups is 1. The fraction of sp³-hybridized carbons (Fsp3) is 0.353. The minimum absolute atomic E-state index is 0.131. The van der Waals surface area contributed by atoms with Crippen LogP contribution in [0.4, 0.5) is 21.5 Å². The summed E-state index contributed by atoms with van der Waals surface area (Å²) in [5.74, 6) is -0.794. The third-order valence-corrected chi connectivity index (χ3v) is 4.67. The highest BCUT2D eigenvalue weighted by atomic mass is 35.5. The Bertz CT molecular complexity index is 930. The Morgan fingerprint density at radius 1 is 1.20 bits per heavy atom. The number of ether oxygens (including phenoxy) is 2. The van der Waals surface area contributed by atoms with Crippen LogP contribution in [0, 0.1) is 10.1 Å². The molecule has 1 aromatic carbocycles. The van der Waals surface area contributed by atoms with Crippen molar-refractivity contribution in [1.82, 2.24) is 4.98 Å². The number of benzene rings is 1. The summed E-state index contributed by atoms with van der Waals surface area (Å²) in [4.78, 5) is 37.8. The third kappa shape index (κ3) is 7.37. The number of carbonyl (C=O) groups excluding carboxylic acids is 2. The van der Waals surface area contributed by atoms with E-state index in [2.05, 4.69) is 15.2 Å². The average Bonchev–Trinajstić information content (AvgIpc) is 3.14. The van der Waals surface area contributed by atoms with E-state index in [1.54, 1.807) is 18.2 Å². The maximum atomic E-state index is 11.0. The summed E-state index contributed by atoms with van der Waals surface area (Å²) in [7, 11) is 0. The number of thiazole rings is 1. The minimum atomic E-state index is -0.557. The van der Waals surface area contributed by atoms with Crippen molar-refractivity contribution in [3.8, 4) is 0 Å². The number of hydrogen-bond acceptors (Lipinski definition) is 11. The first-order chi connectivity index (χ1) is 14.3. The number of anilines is 1. The van der Waals surface area contributed by atoms with Gasteiger partial charge in [0.25, 0.3) is 0 Å². The Labute approximate surface area is 180 Å². The van der Waals surface area contributed by atoms with Crippen LogP contribution < -0.4 is 4.90 Å². The second kappa shape index (κ2) is 11.2. The van der Waals surface area contributed by atoms with E-state index in [0.29, 0.717) is 24.5 Å². The van der Waals surface area contributed by atoms with Gasteiger partial charge < -0.3 is 14.4 Å². The maximum Gasteiger partial charge on any atom is 0.345 e. The molecule has 0 N–H and O–H groups in total. The minimum Gasteiger partial charge on any atom is -0.464 e. The van der Waals surface area contributed by atoms with Crippen LogP contribution in [0.1, 0.15) is 13.8 Å². The van der Waals surface area contributed by atoms with Crippen molar-refractivity contribution in [3.05, 3.63) is 39.5 Å². The largest absolute Gasteiger partial charge is 0.464 e. The van der Waals surface area contributed by atoms with E-state index in [9.17, 15) is 19.7 Å². The third-order valence-electron chi connectivity index (χ3n) is 3.53. The smallest absolute Gasteiger partial charge is 0.345 e. The van der Waals surface area contributed by atoms with Gasteiger partial charge in [-0.15, -0.1) is 10.2 Å². The van der Waals surface area contributed by atoms with Crippen LogP contribution in [0.25, 0.3) is 0 Å². The molecule has 0 spiro atoms. The molecule has 11 nitrogen and oxygen atoms in total. The molecule has 30 heavy (non-hydrogen) atoms. The summed E-state index contributed by atoms with van der Waals surface area (Å²) in [5, 5.41) is 18.8. The van der Waals surface area contributed by atoms with Crippen LogP contribution in [-0.4, -0.2) is 48.1 Å². The molecule has 0 amide bonds. The molecular formula is C17H18ClN5O6S. The number of carbonyl (C=O) groups is 2. The normalized spacial score (nSPS) is 10.8. The van der Waals surface area contributed by atoms with E-state index in [-0.39, 0.29) is 28.4 Å². The van der Waals surface area contributed by atoms with Gasteiger partial charge in [-0.1, -0.05) is 11.6 Å². The molecule has 160 valence electrons. The topological polar surface area (TPSA) is 137 Å². The number of nitro groups is 1. The first-order valence-electron chi connectivity index (χ1n) is 8.59. The van der Waals surface area contributed by atoms with Gasteiger partial charge in [-0.05, 0) is 29.5 Å². The molecule has 1 heterocycles. The average molecular weight is 456 g/mol. The lowest BCUT2D eigenvalue weighted by Gasteiger charge is -2.24. The molecule has 0 unspecified atom stereocenters. The van der Waals surface area contributed by atoms with Crippen molar-refractivity contribution in [2.45, 2.75) is 13.8 Å². The van der Waals surface area contributed by atoms with Gasteiger partial charge in [-0.3, -0.25) is 19.7 Å². The highest BCUT2D eigenvalue weighted by Crippen LogP contribution is 2.33. The van der Waals surface area contributed by atoms with Gasteiger partial charge in [-0.2, -0.15) is 0 Å². The van der Waals surface area contributed by atoms with E-state index >= 15 is 0 Å². The molecular weight excluding hydrogens is 438 g/mol. The Morgan fingerprint density at radius 2 is 1.83 bits per heavy atom. The SMILES string of the molecule is CC(=O)OCCN(CCOC(C)=O)c1ccc(N=Nc2ncc([N+](=O)[O-])s2)c(Cl)c1. The number of esters is 2. The van der Waals surface area contributed by atoms with Gasteiger partial charge in [0.05, 0.1) is 23.0 Å². The van der Waals surface area contributed by atoms with E-state index in [1.165, 1.54) is 13.8 Å². The zero-order valence-electron chi connectivity index (χ0n) is 16.1. The van der Waals surface area contributed by atoms with Gasteiger partial charge in [-0.25, -0.2) is 4.98 Å². The van der Waals surface area contributed by atoms with Crippen molar-refractivity contribution in [1.29, 1.82) is 0 Å². The molecule has 13 heteroatoms. The molecule has 2 aromatic rings. The number of halogens is 1. The van der Waals surface area contributed by atoms with Crippen molar-refractivity contribution < 1.29 is 24.0 Å². The van der Waals surface area contributed by atoms with E-state index < -0.39 is 16.9 Å². The molecule has 0 aliphatic rings. The van der Waals surface area contributed by atoms with Crippen molar-refractivity contribution in [3.63, 3.8) is 0 Å². The van der Waals surface area contributed by atoms with E-state index in [1.807, 2.05) is 4.90 Å². The summed E-state index contributed by atoms with van der Waals surface area (Å²) in [6.45, 7) is 3.66. The number of hydrogen-bond donors (Lipinski definition) is 0. The first kappa shape index (κ1) is 23.2. The standard InChI is InChI=1S/C17H18ClN5O6S/c1-11(24)28-7-5-22(6-8-29-12(2)25)13-3-4-15(14(18)9-13)20-21-17-19-10-16(30-17)23(26)27/h3-4,9-10H,5-8H2,1-2H3. The summed E-state index contributed by atoms with van der Waals surface area (Å²) in [6.07, 6.45) is 1.10. The quantitative estimate of drug-likeness (QED) is 0.226. The molecule has 0 aliphatic carbocycles. The number of nitrogens with zero attached hydrogens (tertiary/aromatic N) is 5. The molecule has 2 rings (SSSR count). The summed E-state index contributed by atoms with van der Waals surface area (Å²) in [6, 6.07) is 4.99. The van der Waals surface area contributed by atoms with Crippen LogP contribution in [0.5, 0.6) is 0 Å². The molecule has 0 atom stereocenters. The van der Waals surface area contributed by atoms with Crippen molar-refractivity contribution in [2.24, 2.45) is 10.2 Å². The van der Waals surface area contributed by atoms with Crippen LogP contribution >= 0.6 is 22.9 Å². The predicted octanol–water partition coefficient (Wildman–Crippen LogP) is 4.05. The summed E-state index contributed by atoms with van der Waals surface area (Å²) >= 11 is 7.08. The van der Waals surface area contributed by atoms with Gasteiger partial charge in [0.1, 0.15) is 25.1 Å². The van der Waals surface area contributed by atoms with Gasteiger partial charge >= 0.3 is 16.9 Å². The number of aromatic nitrogens is 1. The Morgan fingerprint density at radius 3 is 2.33 bits per heavy atom. The number of rotatable bonds is 10. The Hall–Kier alpha value is -3.12. The lowest BCUT2D eigenvalue weighted by atomic mass is 10.2. The summed E-state index contributed by atoms with van der Waals surface area (Å²) < 4.78 is 9.95. The monoisotopic (exact) mass is 455 g/mol. The van der Waals surface area contributed by atoms with Crippen LogP contribution in [0.3, 0.4) is 0 Å². The van der Waals surface area contributed by atoms with Gasteiger partial charge in [0, 0.05) is 19.5 Å². The lowest BCUT2D eigenvalue weighted by Crippen LogP contribution is -2.31. The zero-order valence-corrected chi connectivity index (χ0v) is 17.7. The second-order valence-corrected chi connectivity index (χ2v) is 7.14. The highest BCUT2D eigenvalue weighted by Gasteiger charge is 2.13. The summed E-state index contributed by atoms with van der Waals surface area (Å²) in [5.41, 5.74) is 1.04. The van der Waals surface area contributed by atoms with Crippen molar-refractivity contribution >= 4 is 56.4 Å². The molecule has 0 bridgehead atoms. The first-order valence-corrected chi connectivity index (χ1v) is 9.79. The predicted molar refractivity (Wildman–Crippen MR) is 110 cm³/mol. The lowest BCUT2D eigenvalue weighted by molar-refractivity contribution is -0.380. The second-order valence-electron chi connectivity index (χ2n) is 5.74. The molecule has 0 radical (unpaired) electrons. The van der Waals surface area contributed by atoms with Crippen LogP contribution in [0.15, 0.2) is 34.6 Å². The fourth-order valence-corrected chi connectivity index (χ4v) is 2.99. The fourth-order valence-electron chi connectivity index (χ4n) is 2.23. The van der Waals surface area contributed by atoms with Crippen LogP contribution in [0.2, 0.25) is 5.02 Å².